The number of halogens is 1. The molecule has 1 atom stereocenters. The van der Waals surface area contributed by atoms with Crippen LogP contribution >= 0.6 is 0 Å². The van der Waals surface area contributed by atoms with Gasteiger partial charge in [0, 0.05) is 12.6 Å². The smallest absolute Gasteiger partial charge is 0.331 e. The summed E-state index contributed by atoms with van der Waals surface area (Å²) in [6.45, 7) is 5.96. The summed E-state index contributed by atoms with van der Waals surface area (Å²) in [6, 6.07) is 9.48. The molecule has 26 heavy (non-hydrogen) atoms. The van der Waals surface area contributed by atoms with Crippen molar-refractivity contribution >= 4 is 18.0 Å². The Morgan fingerprint density at radius 3 is 2.62 bits per heavy atom. The topological polar surface area (TPSA) is 68.5 Å². The molecule has 2 rings (SSSR count). The molecule has 0 fully saturated rings. The van der Waals surface area contributed by atoms with Crippen LogP contribution in [0.5, 0.6) is 0 Å². The molecule has 0 aliphatic rings. The van der Waals surface area contributed by atoms with Gasteiger partial charge in [-0.05, 0) is 43.2 Å². The summed E-state index contributed by atoms with van der Waals surface area (Å²) < 4.78 is 24.3. The number of furan rings is 1. The lowest BCUT2D eigenvalue weighted by Gasteiger charge is -2.13. The minimum absolute atomic E-state index is 0.310. The first-order chi connectivity index (χ1) is 12.4. The third kappa shape index (κ3) is 5.58. The van der Waals surface area contributed by atoms with Crippen molar-refractivity contribution in [1.29, 1.82) is 0 Å². The van der Waals surface area contributed by atoms with Gasteiger partial charge < -0.3 is 14.5 Å². The summed E-state index contributed by atoms with van der Waals surface area (Å²) in [7, 11) is 0. The lowest BCUT2D eigenvalue weighted by atomic mass is 10.1. The Hall–Kier alpha value is -2.89. The number of nitrogens with one attached hydrogen (secondary N) is 1. The van der Waals surface area contributed by atoms with E-state index < -0.39 is 17.9 Å². The maximum atomic E-state index is 13.7. The molecule has 1 aromatic carbocycles. The SMILES string of the molecule is CC(C)CNC(=O)[C@H](C)OC(=O)/C=C/c1ccc(-c2ccccc2F)o1. The molecule has 1 N–H and O–H groups in total. The first-order valence-electron chi connectivity index (χ1n) is 8.38. The van der Waals surface area contributed by atoms with Gasteiger partial charge in [-0.3, -0.25) is 4.79 Å². The van der Waals surface area contributed by atoms with Crippen LogP contribution in [-0.2, 0) is 14.3 Å². The summed E-state index contributed by atoms with van der Waals surface area (Å²) >= 11 is 0. The highest BCUT2D eigenvalue weighted by atomic mass is 19.1. The van der Waals surface area contributed by atoms with Crippen LogP contribution in [0.15, 0.2) is 46.9 Å². The van der Waals surface area contributed by atoms with E-state index in [-0.39, 0.29) is 5.91 Å². The highest BCUT2D eigenvalue weighted by molar-refractivity contribution is 5.90. The van der Waals surface area contributed by atoms with Gasteiger partial charge in [-0.25, -0.2) is 9.18 Å². The predicted molar refractivity (Wildman–Crippen MR) is 96.5 cm³/mol. The van der Waals surface area contributed by atoms with Crippen molar-refractivity contribution in [2.45, 2.75) is 26.9 Å². The third-order valence-electron chi connectivity index (χ3n) is 3.50. The van der Waals surface area contributed by atoms with Crippen LogP contribution < -0.4 is 5.32 Å². The fourth-order valence-corrected chi connectivity index (χ4v) is 2.11. The second-order valence-electron chi connectivity index (χ2n) is 6.23. The van der Waals surface area contributed by atoms with E-state index in [1.165, 1.54) is 19.1 Å². The van der Waals surface area contributed by atoms with Crippen molar-refractivity contribution in [3.8, 4) is 11.3 Å². The monoisotopic (exact) mass is 359 g/mol. The largest absolute Gasteiger partial charge is 0.457 e. The zero-order valence-electron chi connectivity index (χ0n) is 15.0. The highest BCUT2D eigenvalue weighted by Gasteiger charge is 2.16. The van der Waals surface area contributed by atoms with E-state index in [9.17, 15) is 14.0 Å². The Morgan fingerprint density at radius 1 is 1.19 bits per heavy atom. The number of carbonyl (C=O) groups excluding carboxylic acids is 2. The van der Waals surface area contributed by atoms with Gasteiger partial charge in [0.1, 0.15) is 17.3 Å². The number of ether oxygens (including phenoxy) is 1. The maximum Gasteiger partial charge on any atom is 0.331 e. The Bertz CT molecular complexity index is 795. The lowest BCUT2D eigenvalue weighted by molar-refractivity contribution is -0.150. The Morgan fingerprint density at radius 2 is 1.92 bits per heavy atom. The zero-order chi connectivity index (χ0) is 19.1. The van der Waals surface area contributed by atoms with E-state index in [2.05, 4.69) is 5.32 Å². The Kier molecular flexibility index (Phi) is 6.72. The standard InChI is InChI=1S/C20H22FNO4/c1-13(2)12-22-20(24)14(3)25-19(23)11-9-15-8-10-18(26-15)16-6-4-5-7-17(16)21/h4-11,13-14H,12H2,1-3H3,(H,22,24)/b11-9+/t14-/m0/s1. The second kappa shape index (κ2) is 8.99. The Labute approximate surface area is 151 Å². The molecule has 1 aromatic heterocycles. The lowest BCUT2D eigenvalue weighted by Crippen LogP contribution is -2.37. The van der Waals surface area contributed by atoms with Crippen molar-refractivity contribution in [3.05, 3.63) is 54.1 Å². The van der Waals surface area contributed by atoms with Gasteiger partial charge >= 0.3 is 5.97 Å². The molecular weight excluding hydrogens is 337 g/mol. The van der Waals surface area contributed by atoms with Crippen LogP contribution in [0.2, 0.25) is 0 Å². The molecule has 1 amide bonds. The van der Waals surface area contributed by atoms with E-state index in [1.807, 2.05) is 13.8 Å². The highest BCUT2D eigenvalue weighted by Crippen LogP contribution is 2.25. The summed E-state index contributed by atoms with van der Waals surface area (Å²) in [4.78, 5) is 23.6. The summed E-state index contributed by atoms with van der Waals surface area (Å²) in [6.07, 6.45) is 1.68. The number of carbonyl (C=O) groups is 2. The minimum Gasteiger partial charge on any atom is -0.457 e. The van der Waals surface area contributed by atoms with E-state index >= 15 is 0 Å². The van der Waals surface area contributed by atoms with Gasteiger partial charge in [-0.1, -0.05) is 26.0 Å². The van der Waals surface area contributed by atoms with Crippen molar-refractivity contribution in [3.63, 3.8) is 0 Å². The molecule has 138 valence electrons. The minimum atomic E-state index is -0.892. The second-order valence-corrected chi connectivity index (χ2v) is 6.23. The fourth-order valence-electron chi connectivity index (χ4n) is 2.11. The fraction of sp³-hybridized carbons (Fsp3) is 0.300. The molecule has 6 heteroatoms. The van der Waals surface area contributed by atoms with Gasteiger partial charge in [-0.15, -0.1) is 0 Å². The molecule has 5 nitrogen and oxygen atoms in total. The molecule has 0 radical (unpaired) electrons. The molecule has 0 aliphatic carbocycles. The zero-order valence-corrected chi connectivity index (χ0v) is 15.0. The molecule has 0 aliphatic heterocycles. The molecule has 0 bridgehead atoms. The van der Waals surface area contributed by atoms with Crippen LogP contribution in [0.1, 0.15) is 26.5 Å². The van der Waals surface area contributed by atoms with Crippen molar-refractivity contribution in [2.75, 3.05) is 6.54 Å². The first-order valence-corrected chi connectivity index (χ1v) is 8.38. The van der Waals surface area contributed by atoms with Crippen molar-refractivity contribution in [2.24, 2.45) is 5.92 Å². The van der Waals surface area contributed by atoms with Gasteiger partial charge in [0.15, 0.2) is 6.10 Å². The van der Waals surface area contributed by atoms with Crippen molar-refractivity contribution in [1.82, 2.24) is 5.32 Å². The molecular formula is C20H22FNO4. The molecule has 2 aromatic rings. The number of esters is 1. The number of amides is 1. The maximum absolute atomic E-state index is 13.7. The van der Waals surface area contributed by atoms with Gasteiger partial charge in [0.2, 0.25) is 0 Å². The summed E-state index contributed by atoms with van der Waals surface area (Å²) in [5.74, 6) is -0.363. The van der Waals surface area contributed by atoms with Crippen LogP contribution in [-0.4, -0.2) is 24.5 Å². The van der Waals surface area contributed by atoms with Crippen LogP contribution in [0.4, 0.5) is 4.39 Å². The van der Waals surface area contributed by atoms with Crippen LogP contribution in [0.3, 0.4) is 0 Å². The van der Waals surface area contributed by atoms with Crippen LogP contribution in [0.25, 0.3) is 17.4 Å². The number of hydrogen-bond donors (Lipinski definition) is 1. The average Bonchev–Trinajstić information content (AvgIpc) is 3.07. The van der Waals surface area contributed by atoms with Gasteiger partial charge in [0.05, 0.1) is 5.56 Å². The van der Waals surface area contributed by atoms with Gasteiger partial charge in [-0.2, -0.15) is 0 Å². The number of benzene rings is 1. The quantitative estimate of drug-likeness (QED) is 0.603. The molecule has 0 unspecified atom stereocenters. The Balaban J connectivity index is 1.92. The van der Waals surface area contributed by atoms with E-state index in [0.29, 0.717) is 29.5 Å². The van der Waals surface area contributed by atoms with Crippen molar-refractivity contribution < 1.29 is 23.1 Å². The number of hydrogen-bond acceptors (Lipinski definition) is 4. The summed E-state index contributed by atoms with van der Waals surface area (Å²) in [5.41, 5.74) is 0.338. The predicted octanol–water partition coefficient (Wildman–Crippen LogP) is 3.80. The molecule has 0 saturated carbocycles. The normalized spacial score (nSPS) is 12.3. The van der Waals surface area contributed by atoms with Gasteiger partial charge in [0.25, 0.3) is 5.91 Å². The molecule has 0 spiro atoms. The van der Waals surface area contributed by atoms with E-state index in [4.69, 9.17) is 9.15 Å². The third-order valence-corrected chi connectivity index (χ3v) is 3.50. The average molecular weight is 359 g/mol. The first kappa shape index (κ1) is 19.4. The molecule has 0 saturated heterocycles. The number of rotatable bonds is 7. The molecule has 1 heterocycles. The van der Waals surface area contributed by atoms with Crippen LogP contribution in [0, 0.1) is 11.7 Å². The summed E-state index contributed by atoms with van der Waals surface area (Å²) in [5, 5.41) is 2.69. The van der Waals surface area contributed by atoms with E-state index in [0.717, 1.165) is 6.08 Å². The van der Waals surface area contributed by atoms with E-state index in [1.54, 1.807) is 30.3 Å².